The van der Waals surface area contributed by atoms with Gasteiger partial charge < -0.3 is 34.3 Å². The van der Waals surface area contributed by atoms with E-state index < -0.39 is 0 Å². The summed E-state index contributed by atoms with van der Waals surface area (Å²) in [5.74, 6) is 0. The lowest BCUT2D eigenvalue weighted by Gasteiger charge is -2.30. The molecule has 7 heteroatoms. The van der Waals surface area contributed by atoms with Gasteiger partial charge in [0.2, 0.25) is 0 Å². The number of fused-ring (bicyclic) bond motifs is 6. The molecule has 0 fully saturated rings. The Morgan fingerprint density at radius 1 is 0.108 bits per heavy atom. The lowest BCUT2D eigenvalue weighted by Crippen LogP contribution is -2.14. The highest BCUT2D eigenvalue weighted by Crippen LogP contribution is 2.49. The van der Waals surface area contributed by atoms with E-state index in [1.807, 2.05) is 0 Å². The van der Waals surface area contributed by atoms with Gasteiger partial charge in [-0.1, -0.05) is 188 Å². The minimum absolute atomic E-state index is 0.931. The fourth-order valence-corrected chi connectivity index (χ4v) is 16.2. The minimum Gasteiger partial charge on any atom is -0.311 e. The number of hydrogen-bond acceptors (Lipinski definition) is 7. The highest BCUT2D eigenvalue weighted by molar-refractivity contribution is 5.90. The van der Waals surface area contributed by atoms with Gasteiger partial charge >= 0.3 is 0 Å². The quantitative estimate of drug-likeness (QED) is 0.0706. The molecule has 2 aliphatic rings. The lowest BCUT2D eigenvalue weighted by molar-refractivity contribution is 1.22. The average Bonchev–Trinajstić information content (AvgIpc) is 1.66. The van der Waals surface area contributed by atoms with E-state index in [1.54, 1.807) is 0 Å². The van der Waals surface area contributed by atoms with Crippen LogP contribution in [0.4, 0.5) is 119 Å². The van der Waals surface area contributed by atoms with E-state index in [4.69, 9.17) is 0 Å². The zero-order chi connectivity index (χ0) is 73.8. The highest BCUT2D eigenvalue weighted by atomic mass is 15.2. The summed E-state index contributed by atoms with van der Waals surface area (Å²) < 4.78 is 0. The molecule has 0 spiro atoms. The number of benzene rings is 17. The first-order valence-electron chi connectivity index (χ1n) is 38.0. The van der Waals surface area contributed by atoms with Crippen LogP contribution in [0.15, 0.2) is 443 Å². The molecule has 0 heterocycles. The van der Waals surface area contributed by atoms with E-state index in [2.05, 4.69) is 477 Å². The summed E-state index contributed by atoms with van der Waals surface area (Å²) in [5, 5.41) is 0. The first kappa shape index (κ1) is 67.0. The topological polar surface area (TPSA) is 22.7 Å². The van der Waals surface area contributed by atoms with Crippen LogP contribution in [0.3, 0.4) is 0 Å². The van der Waals surface area contributed by atoms with E-state index in [0.717, 1.165) is 132 Å². The second-order valence-corrected chi connectivity index (χ2v) is 28.1. The first-order chi connectivity index (χ1) is 55.0. The standard InChI is InChI=1S/C104H77N7/c1-8-28-80(29-9-1)105(87-44-48-89(49-45-87)106(81-30-10-2-11-31-81)91-52-56-93(57-53-91)108(83-34-14-4-15-35-83)95-60-64-97(65-61-95)110(85-38-18-6-19-39-85)99-68-70-103-78(74-99)72-76-26-22-24-42-101(76)103)88-46-50-90(51-47-88)107(82-32-12-3-13-33-82)92-54-58-94(59-55-92)109(84-36-16-5-17-37-84)96-62-66-98(67-63-96)111(86-40-20-7-21-41-86)100-69-71-104-79(75-100)73-77-27-23-25-43-102(77)104/h1-71,74-75H,72-73H2. The number of para-hydroxylation sites is 7. The Morgan fingerprint density at radius 3 is 0.432 bits per heavy atom. The molecule has 0 saturated heterocycles. The molecule has 0 unspecified atom stereocenters. The second kappa shape index (κ2) is 29.9. The summed E-state index contributed by atoms with van der Waals surface area (Å²) in [4.78, 5) is 16.4. The Bertz CT molecular complexity index is 5680. The van der Waals surface area contributed by atoms with Crippen molar-refractivity contribution in [2.24, 2.45) is 0 Å². The molecule has 2 aliphatic carbocycles. The van der Waals surface area contributed by atoms with Crippen molar-refractivity contribution in [1.82, 2.24) is 0 Å². The Hall–Kier alpha value is -14.7. The molecule has 0 bridgehead atoms. The molecule has 0 N–H and O–H groups in total. The van der Waals surface area contributed by atoms with Gasteiger partial charge in [-0.2, -0.15) is 0 Å². The van der Waals surface area contributed by atoms with E-state index in [9.17, 15) is 0 Å². The van der Waals surface area contributed by atoms with Crippen molar-refractivity contribution in [3.8, 4) is 22.3 Å². The number of anilines is 21. The predicted octanol–water partition coefficient (Wildman–Crippen LogP) is 29.1. The summed E-state index contributed by atoms with van der Waals surface area (Å²) in [6.45, 7) is 0. The van der Waals surface area contributed by atoms with Gasteiger partial charge in [-0.15, -0.1) is 0 Å². The Morgan fingerprint density at radius 2 is 0.243 bits per heavy atom. The molecule has 0 aliphatic heterocycles. The summed E-state index contributed by atoms with van der Waals surface area (Å²) in [5.41, 5.74) is 33.1. The highest BCUT2D eigenvalue weighted by Gasteiger charge is 2.26. The molecule has 528 valence electrons. The van der Waals surface area contributed by atoms with Crippen LogP contribution < -0.4 is 34.3 Å². The number of rotatable bonds is 21. The first-order valence-corrected chi connectivity index (χ1v) is 38.0. The molecule has 111 heavy (non-hydrogen) atoms. The Balaban J connectivity index is 0.603. The van der Waals surface area contributed by atoms with Gasteiger partial charge in [-0.3, -0.25) is 0 Å². The van der Waals surface area contributed by atoms with Crippen LogP contribution in [0, 0.1) is 0 Å². The van der Waals surface area contributed by atoms with Gasteiger partial charge in [-0.05, 0) is 312 Å². The third-order valence-corrected chi connectivity index (χ3v) is 21.4. The van der Waals surface area contributed by atoms with Crippen molar-refractivity contribution in [3.63, 3.8) is 0 Å². The molecule has 17 aromatic rings. The van der Waals surface area contributed by atoms with Gasteiger partial charge in [0.25, 0.3) is 0 Å². The molecule has 0 radical (unpaired) electrons. The molecule has 17 aromatic carbocycles. The fraction of sp³-hybridized carbons (Fsp3) is 0.0192. The second-order valence-electron chi connectivity index (χ2n) is 28.1. The largest absolute Gasteiger partial charge is 0.311 e. The summed E-state index contributed by atoms with van der Waals surface area (Å²) in [7, 11) is 0. The zero-order valence-corrected chi connectivity index (χ0v) is 61.2. The molecule has 0 saturated carbocycles. The van der Waals surface area contributed by atoms with Crippen molar-refractivity contribution >= 4 is 119 Å². The van der Waals surface area contributed by atoms with E-state index in [-0.39, 0.29) is 0 Å². The van der Waals surface area contributed by atoms with Crippen molar-refractivity contribution < 1.29 is 0 Å². The molecule has 0 aromatic heterocycles. The Labute approximate surface area is 649 Å². The SMILES string of the molecule is c1ccc(N(c2ccc(N(c3ccccc3)c3ccc(N(c4ccccc4)c4ccc(N(c5ccccc5)c5ccc6c(c5)Cc5ccccc5-6)cc4)cc3)cc2)c2ccc(N(c3ccccc3)c3ccc(N(c4ccccc4)c4ccc(N(c5ccccc5)c5ccc6c(c5)Cc5ccccc5-6)cc4)cc3)cc2)cc1. The maximum atomic E-state index is 2.37. The molecule has 19 rings (SSSR count). The maximum Gasteiger partial charge on any atom is 0.0464 e. The summed E-state index contributed by atoms with van der Waals surface area (Å²) >= 11 is 0. The van der Waals surface area contributed by atoms with Crippen LogP contribution in [-0.2, 0) is 12.8 Å². The summed E-state index contributed by atoms with van der Waals surface area (Å²) in [6.07, 6.45) is 1.86. The number of hydrogen-bond donors (Lipinski definition) is 0. The van der Waals surface area contributed by atoms with Crippen molar-refractivity contribution in [2.75, 3.05) is 34.3 Å². The van der Waals surface area contributed by atoms with Gasteiger partial charge in [0, 0.05) is 119 Å². The Kier molecular flexibility index (Phi) is 18.1. The van der Waals surface area contributed by atoms with Crippen LogP contribution in [0.25, 0.3) is 22.3 Å². The van der Waals surface area contributed by atoms with Crippen LogP contribution in [0.2, 0.25) is 0 Å². The fourth-order valence-electron chi connectivity index (χ4n) is 16.2. The molecular formula is C104H77N7. The van der Waals surface area contributed by atoms with Crippen molar-refractivity contribution in [2.45, 2.75) is 12.8 Å². The van der Waals surface area contributed by atoms with Crippen LogP contribution in [-0.4, -0.2) is 0 Å². The zero-order valence-electron chi connectivity index (χ0n) is 61.2. The van der Waals surface area contributed by atoms with Crippen LogP contribution in [0.5, 0.6) is 0 Å². The van der Waals surface area contributed by atoms with Crippen LogP contribution in [0.1, 0.15) is 22.3 Å². The average molecular weight is 1420 g/mol. The molecule has 7 nitrogen and oxygen atoms in total. The summed E-state index contributed by atoms with van der Waals surface area (Å²) in [6, 6.07) is 160. The smallest absolute Gasteiger partial charge is 0.0464 e. The van der Waals surface area contributed by atoms with Crippen molar-refractivity contribution in [1.29, 1.82) is 0 Å². The van der Waals surface area contributed by atoms with Gasteiger partial charge in [0.15, 0.2) is 0 Å². The van der Waals surface area contributed by atoms with E-state index in [1.165, 1.54) is 44.5 Å². The van der Waals surface area contributed by atoms with E-state index in [0.29, 0.717) is 0 Å². The maximum absolute atomic E-state index is 2.37. The molecule has 0 amide bonds. The lowest BCUT2D eigenvalue weighted by atomic mass is 10.0. The normalized spacial score (nSPS) is 11.5. The van der Waals surface area contributed by atoms with Gasteiger partial charge in [-0.25, -0.2) is 0 Å². The molecule has 0 atom stereocenters. The van der Waals surface area contributed by atoms with Gasteiger partial charge in [0.1, 0.15) is 0 Å². The third-order valence-electron chi connectivity index (χ3n) is 21.4. The number of nitrogens with zero attached hydrogens (tertiary/aromatic N) is 7. The van der Waals surface area contributed by atoms with Gasteiger partial charge in [0.05, 0.1) is 0 Å². The monoisotopic (exact) mass is 1420 g/mol. The molecular weight excluding hydrogens is 1350 g/mol. The minimum atomic E-state index is 0.931. The van der Waals surface area contributed by atoms with Crippen LogP contribution >= 0.6 is 0 Å². The van der Waals surface area contributed by atoms with E-state index >= 15 is 0 Å². The van der Waals surface area contributed by atoms with Crippen molar-refractivity contribution in [3.05, 3.63) is 465 Å². The third kappa shape index (κ3) is 13.4. The predicted molar refractivity (Wildman–Crippen MR) is 466 cm³/mol.